The molecule has 0 spiro atoms. The van der Waals surface area contributed by atoms with Crippen molar-refractivity contribution in [1.82, 2.24) is 5.32 Å². The van der Waals surface area contributed by atoms with E-state index < -0.39 is 23.8 Å². The molecule has 32 heavy (non-hydrogen) atoms. The van der Waals surface area contributed by atoms with Crippen molar-refractivity contribution >= 4 is 11.9 Å². The molecule has 2 aromatic carbocycles. The van der Waals surface area contributed by atoms with Crippen molar-refractivity contribution in [1.29, 1.82) is 0 Å². The molecule has 0 fully saturated rings. The van der Waals surface area contributed by atoms with Crippen LogP contribution in [0.15, 0.2) is 36.4 Å². The molecule has 0 aliphatic heterocycles. The van der Waals surface area contributed by atoms with Crippen molar-refractivity contribution in [2.75, 3.05) is 0 Å². The smallest absolute Gasteiger partial charge is 0.488 e. The molecule has 0 radical (unpaired) electrons. The summed E-state index contributed by atoms with van der Waals surface area (Å²) >= 11 is 0. The number of hydrogen-bond donors (Lipinski definition) is 2. The van der Waals surface area contributed by atoms with Crippen LogP contribution in [0.5, 0.6) is 11.5 Å². The summed E-state index contributed by atoms with van der Waals surface area (Å²) < 4.78 is 46.9. The van der Waals surface area contributed by atoms with Crippen LogP contribution < -0.4 is 14.8 Å². The fourth-order valence-corrected chi connectivity index (χ4v) is 3.49. The summed E-state index contributed by atoms with van der Waals surface area (Å²) in [6.45, 7) is 2.79. The summed E-state index contributed by atoms with van der Waals surface area (Å²) in [4.78, 5) is 24.3. The van der Waals surface area contributed by atoms with E-state index >= 15 is 0 Å². The van der Waals surface area contributed by atoms with Gasteiger partial charge in [0.25, 0.3) is 5.91 Å². The zero-order valence-electron chi connectivity index (χ0n) is 17.7. The Hall–Kier alpha value is -3.23. The first-order valence-electron chi connectivity index (χ1n) is 10.1. The fourth-order valence-electron chi connectivity index (χ4n) is 3.49. The molecule has 1 aliphatic carbocycles. The molecule has 0 unspecified atom stereocenters. The second-order valence-corrected chi connectivity index (χ2v) is 8.15. The number of nitrogens with one attached hydrogen (secondary N) is 1. The number of alkyl halides is 3. The van der Waals surface area contributed by atoms with Crippen LogP contribution >= 0.6 is 0 Å². The van der Waals surface area contributed by atoms with Gasteiger partial charge in [0.2, 0.25) is 0 Å². The lowest BCUT2D eigenvalue weighted by Crippen LogP contribution is -2.49. The maximum atomic E-state index is 12.9. The topological polar surface area (TPSA) is 84.9 Å². The van der Waals surface area contributed by atoms with Gasteiger partial charge in [0.1, 0.15) is 23.6 Å². The van der Waals surface area contributed by atoms with E-state index in [2.05, 4.69) is 10.1 Å². The number of benzene rings is 2. The Kier molecular flexibility index (Phi) is 6.66. The van der Waals surface area contributed by atoms with E-state index in [1.54, 1.807) is 6.07 Å². The Labute approximate surface area is 183 Å². The van der Waals surface area contributed by atoms with E-state index in [0.29, 0.717) is 17.7 Å². The lowest BCUT2D eigenvalue weighted by atomic mass is 9.89. The van der Waals surface area contributed by atoms with Crippen LogP contribution in [0.4, 0.5) is 13.2 Å². The highest BCUT2D eigenvalue weighted by atomic mass is 19.4. The molecule has 0 aromatic heterocycles. The second-order valence-electron chi connectivity index (χ2n) is 8.15. The quantitative estimate of drug-likeness (QED) is 0.641. The molecule has 3 rings (SSSR count). The lowest BCUT2D eigenvalue weighted by Gasteiger charge is -2.25. The minimum absolute atomic E-state index is 0.0192. The van der Waals surface area contributed by atoms with Crippen molar-refractivity contribution in [2.24, 2.45) is 0 Å². The number of hydrogen-bond acceptors (Lipinski definition) is 4. The standard InChI is InChI=1S/C23H24F3NO5/c1-22(2,21(29)30)27-20(28)18-12-9-15-5-3-4-6-17(15)19(18)31-13-14-7-10-16(11-8-14)32-23(24,25)26/h7-12H,3-6,13H2,1-2H3,(H,27,28)(H,29,30). The van der Waals surface area contributed by atoms with Gasteiger partial charge in [0.05, 0.1) is 5.56 Å². The second kappa shape index (κ2) is 9.10. The van der Waals surface area contributed by atoms with Gasteiger partial charge in [-0.25, -0.2) is 4.79 Å². The first-order chi connectivity index (χ1) is 15.0. The SMILES string of the molecule is CC(C)(NC(=O)c1ccc2c(c1OCc1ccc(OC(F)(F)F)cc1)CCCC2)C(=O)O. The van der Waals surface area contributed by atoms with Crippen molar-refractivity contribution in [3.63, 3.8) is 0 Å². The monoisotopic (exact) mass is 451 g/mol. The summed E-state index contributed by atoms with van der Waals surface area (Å²) in [6, 6.07) is 8.75. The molecule has 0 heterocycles. The van der Waals surface area contributed by atoms with E-state index in [1.807, 2.05) is 6.07 Å². The van der Waals surface area contributed by atoms with Gasteiger partial charge in [0.15, 0.2) is 0 Å². The summed E-state index contributed by atoms with van der Waals surface area (Å²) in [6.07, 6.45) is -1.26. The first kappa shape index (κ1) is 23.4. The molecule has 6 nitrogen and oxygen atoms in total. The van der Waals surface area contributed by atoms with Gasteiger partial charge < -0.3 is 19.9 Å². The van der Waals surface area contributed by atoms with Crippen LogP contribution in [0.1, 0.15) is 53.7 Å². The Morgan fingerprint density at radius 3 is 2.31 bits per heavy atom. The number of halogens is 3. The van der Waals surface area contributed by atoms with E-state index in [4.69, 9.17) is 4.74 Å². The fraction of sp³-hybridized carbons (Fsp3) is 0.391. The Morgan fingerprint density at radius 1 is 1.03 bits per heavy atom. The molecule has 0 bridgehead atoms. The van der Waals surface area contributed by atoms with Crippen LogP contribution in [0, 0.1) is 0 Å². The molecule has 1 amide bonds. The molecule has 2 aromatic rings. The predicted molar refractivity (Wildman–Crippen MR) is 110 cm³/mol. The van der Waals surface area contributed by atoms with Crippen molar-refractivity contribution in [3.8, 4) is 11.5 Å². The maximum Gasteiger partial charge on any atom is 0.573 e. The van der Waals surface area contributed by atoms with Gasteiger partial charge in [-0.05, 0) is 74.4 Å². The third-order valence-corrected chi connectivity index (χ3v) is 5.23. The summed E-state index contributed by atoms with van der Waals surface area (Å²) in [5.41, 5.74) is 1.30. The van der Waals surface area contributed by atoms with Gasteiger partial charge >= 0.3 is 12.3 Å². The number of amides is 1. The molecular formula is C23H24F3NO5. The van der Waals surface area contributed by atoms with E-state index in [1.165, 1.54) is 38.1 Å². The number of carbonyl (C=O) groups is 2. The van der Waals surface area contributed by atoms with Crippen molar-refractivity contribution < 1.29 is 37.3 Å². The van der Waals surface area contributed by atoms with Crippen LogP contribution in [0.3, 0.4) is 0 Å². The first-order valence-corrected chi connectivity index (χ1v) is 10.1. The molecule has 9 heteroatoms. The Balaban J connectivity index is 1.84. The number of carboxylic acid groups (broad SMARTS) is 1. The number of aliphatic carboxylic acids is 1. The number of carboxylic acids is 1. The Bertz CT molecular complexity index is 1000. The van der Waals surface area contributed by atoms with Gasteiger partial charge in [-0.15, -0.1) is 13.2 Å². The number of ether oxygens (including phenoxy) is 2. The number of fused-ring (bicyclic) bond motifs is 1. The molecule has 2 N–H and O–H groups in total. The average Bonchev–Trinajstić information content (AvgIpc) is 2.71. The highest BCUT2D eigenvalue weighted by molar-refractivity contribution is 6.00. The van der Waals surface area contributed by atoms with Crippen molar-refractivity contribution in [3.05, 3.63) is 58.7 Å². The zero-order valence-corrected chi connectivity index (χ0v) is 17.7. The molecule has 172 valence electrons. The van der Waals surface area contributed by atoms with Crippen LogP contribution in [0.25, 0.3) is 0 Å². The molecule has 1 aliphatic rings. The van der Waals surface area contributed by atoms with E-state index in [9.17, 15) is 27.9 Å². The van der Waals surface area contributed by atoms with Crippen LogP contribution in [-0.2, 0) is 24.2 Å². The van der Waals surface area contributed by atoms with Gasteiger partial charge in [-0.1, -0.05) is 18.2 Å². The zero-order chi connectivity index (χ0) is 23.5. The van der Waals surface area contributed by atoms with Crippen LogP contribution in [0.2, 0.25) is 0 Å². The van der Waals surface area contributed by atoms with Crippen LogP contribution in [-0.4, -0.2) is 28.9 Å². The predicted octanol–water partition coefficient (Wildman–Crippen LogP) is 4.64. The minimum Gasteiger partial charge on any atom is -0.488 e. The molecule has 0 saturated carbocycles. The highest BCUT2D eigenvalue weighted by Gasteiger charge is 2.32. The Morgan fingerprint density at radius 2 is 1.69 bits per heavy atom. The summed E-state index contributed by atoms with van der Waals surface area (Å²) in [5, 5.41) is 11.8. The maximum absolute atomic E-state index is 12.9. The highest BCUT2D eigenvalue weighted by Crippen LogP contribution is 2.34. The molecular weight excluding hydrogens is 427 g/mol. The largest absolute Gasteiger partial charge is 0.573 e. The van der Waals surface area contributed by atoms with Gasteiger partial charge in [0, 0.05) is 0 Å². The summed E-state index contributed by atoms with van der Waals surface area (Å²) in [5.74, 6) is -1.71. The van der Waals surface area contributed by atoms with Gasteiger partial charge in [-0.2, -0.15) is 0 Å². The lowest BCUT2D eigenvalue weighted by molar-refractivity contribution is -0.274. The van der Waals surface area contributed by atoms with E-state index in [-0.39, 0.29) is 17.9 Å². The number of aryl methyl sites for hydroxylation is 1. The summed E-state index contributed by atoms with van der Waals surface area (Å²) in [7, 11) is 0. The molecule has 0 atom stereocenters. The van der Waals surface area contributed by atoms with Crippen molar-refractivity contribution in [2.45, 2.75) is 58.0 Å². The van der Waals surface area contributed by atoms with E-state index in [0.717, 1.165) is 30.4 Å². The average molecular weight is 451 g/mol. The van der Waals surface area contributed by atoms with Gasteiger partial charge in [-0.3, -0.25) is 4.79 Å². The normalized spacial score (nSPS) is 13.8. The third-order valence-electron chi connectivity index (χ3n) is 5.23. The number of carbonyl (C=O) groups excluding carboxylic acids is 1. The third kappa shape index (κ3) is 5.72. The minimum atomic E-state index is -4.77. The number of rotatable bonds is 7. The molecule has 0 saturated heterocycles.